The summed E-state index contributed by atoms with van der Waals surface area (Å²) in [5.74, 6) is -0.0918. The minimum Gasteiger partial charge on any atom is -0.430 e. The number of rotatable bonds is 4. The number of nitrogens with zero attached hydrogens (tertiary/aromatic N) is 2. The molecular weight excluding hydrogens is 298 g/mol. The SMILES string of the molecule is Cc1cccc(NC(=O)[C@H](C)Sc2nc3ncccc3o2)c1. The molecule has 1 N–H and O–H groups in total. The summed E-state index contributed by atoms with van der Waals surface area (Å²) < 4.78 is 5.57. The Hall–Kier alpha value is -2.34. The van der Waals surface area contributed by atoms with Crippen LogP contribution in [-0.4, -0.2) is 21.1 Å². The van der Waals surface area contributed by atoms with Crippen molar-refractivity contribution in [3.63, 3.8) is 0 Å². The van der Waals surface area contributed by atoms with E-state index < -0.39 is 0 Å². The summed E-state index contributed by atoms with van der Waals surface area (Å²) >= 11 is 1.27. The molecule has 0 unspecified atom stereocenters. The van der Waals surface area contributed by atoms with Gasteiger partial charge in [-0.25, -0.2) is 4.98 Å². The van der Waals surface area contributed by atoms with Crippen LogP contribution in [0.5, 0.6) is 0 Å². The number of thioether (sulfide) groups is 1. The van der Waals surface area contributed by atoms with Gasteiger partial charge in [0.2, 0.25) is 5.91 Å². The Kier molecular flexibility index (Phi) is 4.11. The second-order valence-electron chi connectivity index (χ2n) is 4.92. The summed E-state index contributed by atoms with van der Waals surface area (Å²) in [7, 11) is 0. The van der Waals surface area contributed by atoms with Gasteiger partial charge in [-0.05, 0) is 43.7 Å². The fourth-order valence-corrected chi connectivity index (χ4v) is 2.72. The Morgan fingerprint density at radius 2 is 2.18 bits per heavy atom. The number of oxazole rings is 1. The molecule has 0 fully saturated rings. The molecule has 0 aliphatic heterocycles. The second kappa shape index (κ2) is 6.19. The van der Waals surface area contributed by atoms with Crippen LogP contribution < -0.4 is 5.32 Å². The number of carbonyl (C=O) groups excluding carboxylic acids is 1. The maximum Gasteiger partial charge on any atom is 0.259 e. The van der Waals surface area contributed by atoms with E-state index in [9.17, 15) is 4.79 Å². The highest BCUT2D eigenvalue weighted by Gasteiger charge is 2.18. The summed E-state index contributed by atoms with van der Waals surface area (Å²) in [5.41, 5.74) is 3.06. The van der Waals surface area contributed by atoms with Crippen molar-refractivity contribution < 1.29 is 9.21 Å². The van der Waals surface area contributed by atoms with Crippen molar-refractivity contribution in [1.29, 1.82) is 0 Å². The summed E-state index contributed by atoms with van der Waals surface area (Å²) in [6.45, 7) is 3.80. The number of hydrogen-bond acceptors (Lipinski definition) is 5. The molecule has 2 heterocycles. The van der Waals surface area contributed by atoms with Crippen LogP contribution in [0.2, 0.25) is 0 Å². The summed E-state index contributed by atoms with van der Waals surface area (Å²) in [6.07, 6.45) is 1.66. The van der Waals surface area contributed by atoms with Crippen molar-refractivity contribution in [3.8, 4) is 0 Å². The highest BCUT2D eigenvalue weighted by molar-refractivity contribution is 8.00. The van der Waals surface area contributed by atoms with Crippen molar-refractivity contribution in [1.82, 2.24) is 9.97 Å². The van der Waals surface area contributed by atoms with Crippen LogP contribution in [0.4, 0.5) is 5.69 Å². The predicted molar refractivity (Wildman–Crippen MR) is 86.9 cm³/mol. The van der Waals surface area contributed by atoms with Crippen molar-refractivity contribution in [2.45, 2.75) is 24.3 Å². The lowest BCUT2D eigenvalue weighted by Crippen LogP contribution is -2.22. The number of aromatic nitrogens is 2. The van der Waals surface area contributed by atoms with E-state index in [2.05, 4.69) is 15.3 Å². The lowest BCUT2D eigenvalue weighted by Gasteiger charge is -2.10. The van der Waals surface area contributed by atoms with Gasteiger partial charge in [-0.1, -0.05) is 23.9 Å². The monoisotopic (exact) mass is 313 g/mol. The van der Waals surface area contributed by atoms with Crippen LogP contribution in [0, 0.1) is 6.92 Å². The van der Waals surface area contributed by atoms with E-state index in [1.54, 1.807) is 18.3 Å². The van der Waals surface area contributed by atoms with Crippen molar-refractivity contribution in [2.24, 2.45) is 0 Å². The van der Waals surface area contributed by atoms with Gasteiger partial charge in [0.15, 0.2) is 11.2 Å². The van der Waals surface area contributed by atoms with Crippen LogP contribution in [-0.2, 0) is 4.79 Å². The van der Waals surface area contributed by atoms with E-state index in [1.165, 1.54) is 11.8 Å². The fourth-order valence-electron chi connectivity index (χ4n) is 1.97. The van der Waals surface area contributed by atoms with Gasteiger partial charge in [0.05, 0.1) is 5.25 Å². The zero-order valence-corrected chi connectivity index (χ0v) is 13.1. The molecule has 6 heteroatoms. The lowest BCUT2D eigenvalue weighted by molar-refractivity contribution is -0.115. The van der Waals surface area contributed by atoms with Crippen LogP contribution in [0.15, 0.2) is 52.2 Å². The molecule has 0 spiro atoms. The second-order valence-corrected chi connectivity index (χ2v) is 6.22. The molecule has 0 aliphatic rings. The van der Waals surface area contributed by atoms with Crippen LogP contribution in [0.25, 0.3) is 11.2 Å². The molecule has 0 aliphatic carbocycles. The summed E-state index contributed by atoms with van der Waals surface area (Å²) in [5, 5.41) is 3.01. The molecule has 112 valence electrons. The van der Waals surface area contributed by atoms with Gasteiger partial charge in [0.25, 0.3) is 5.22 Å². The molecule has 22 heavy (non-hydrogen) atoms. The number of amides is 1. The fraction of sp³-hybridized carbons (Fsp3) is 0.188. The van der Waals surface area contributed by atoms with Gasteiger partial charge in [-0.15, -0.1) is 0 Å². The Morgan fingerprint density at radius 1 is 1.32 bits per heavy atom. The molecule has 5 nitrogen and oxygen atoms in total. The smallest absolute Gasteiger partial charge is 0.259 e. The molecule has 2 aromatic heterocycles. The van der Waals surface area contributed by atoms with Gasteiger partial charge in [-0.2, -0.15) is 4.98 Å². The van der Waals surface area contributed by atoms with Gasteiger partial charge in [-0.3, -0.25) is 4.79 Å². The molecule has 3 aromatic rings. The van der Waals surface area contributed by atoms with Crippen molar-refractivity contribution in [3.05, 3.63) is 48.2 Å². The first kappa shape index (κ1) is 14.6. The van der Waals surface area contributed by atoms with Crippen LogP contribution in [0.3, 0.4) is 0 Å². The first-order chi connectivity index (χ1) is 10.6. The third kappa shape index (κ3) is 3.28. The molecule has 0 bridgehead atoms. The third-order valence-electron chi connectivity index (χ3n) is 3.08. The molecule has 1 atom stereocenters. The molecule has 1 amide bonds. The van der Waals surface area contributed by atoms with E-state index in [0.29, 0.717) is 16.5 Å². The third-order valence-corrected chi connectivity index (χ3v) is 4.02. The normalized spacial score (nSPS) is 12.3. The zero-order chi connectivity index (χ0) is 15.5. The van der Waals surface area contributed by atoms with E-state index in [1.807, 2.05) is 38.1 Å². The largest absolute Gasteiger partial charge is 0.430 e. The van der Waals surface area contributed by atoms with E-state index >= 15 is 0 Å². The number of carbonyl (C=O) groups is 1. The van der Waals surface area contributed by atoms with Crippen molar-refractivity contribution in [2.75, 3.05) is 5.32 Å². The zero-order valence-electron chi connectivity index (χ0n) is 12.2. The van der Waals surface area contributed by atoms with Gasteiger partial charge >= 0.3 is 0 Å². The van der Waals surface area contributed by atoms with E-state index in [-0.39, 0.29) is 11.2 Å². The molecule has 3 rings (SSSR count). The standard InChI is InChI=1S/C16H15N3O2S/c1-10-5-3-6-12(9-10)18-15(20)11(2)22-16-19-14-13(21-16)7-4-8-17-14/h3-9,11H,1-2H3,(H,18,20)/t11-/m0/s1. The number of benzene rings is 1. The maximum atomic E-state index is 12.2. The average Bonchev–Trinajstić information content (AvgIpc) is 2.89. The van der Waals surface area contributed by atoms with E-state index in [4.69, 9.17) is 4.42 Å². The number of aryl methyl sites for hydroxylation is 1. The Bertz CT molecular complexity index is 783. The highest BCUT2D eigenvalue weighted by atomic mass is 32.2. The number of hydrogen-bond donors (Lipinski definition) is 1. The first-order valence-electron chi connectivity index (χ1n) is 6.87. The lowest BCUT2D eigenvalue weighted by atomic mass is 10.2. The number of nitrogens with one attached hydrogen (secondary N) is 1. The maximum absolute atomic E-state index is 12.2. The molecule has 0 saturated carbocycles. The molecular formula is C16H15N3O2S. The van der Waals surface area contributed by atoms with Gasteiger partial charge in [0.1, 0.15) is 0 Å². The minimum absolute atomic E-state index is 0.0918. The van der Waals surface area contributed by atoms with Crippen LogP contribution in [0.1, 0.15) is 12.5 Å². The molecule has 1 aromatic carbocycles. The topological polar surface area (TPSA) is 68.0 Å². The molecule has 0 saturated heterocycles. The van der Waals surface area contributed by atoms with Gasteiger partial charge in [0, 0.05) is 11.9 Å². The minimum atomic E-state index is -0.325. The Balaban J connectivity index is 1.68. The number of pyridine rings is 1. The summed E-state index contributed by atoms with van der Waals surface area (Å²) in [6, 6.07) is 11.3. The van der Waals surface area contributed by atoms with Crippen LogP contribution >= 0.6 is 11.8 Å². The number of fused-ring (bicyclic) bond motifs is 1. The molecule has 0 radical (unpaired) electrons. The predicted octanol–water partition coefficient (Wildman–Crippen LogP) is 3.65. The average molecular weight is 313 g/mol. The first-order valence-corrected chi connectivity index (χ1v) is 7.75. The number of anilines is 1. The Labute approximate surface area is 132 Å². The Morgan fingerprint density at radius 3 is 2.95 bits per heavy atom. The summed E-state index contributed by atoms with van der Waals surface area (Å²) in [4.78, 5) is 20.6. The quantitative estimate of drug-likeness (QED) is 0.745. The highest BCUT2D eigenvalue weighted by Crippen LogP contribution is 2.26. The van der Waals surface area contributed by atoms with Gasteiger partial charge < -0.3 is 9.73 Å². The van der Waals surface area contributed by atoms with Crippen molar-refractivity contribution >= 4 is 34.6 Å². The van der Waals surface area contributed by atoms with E-state index in [0.717, 1.165) is 11.3 Å².